The van der Waals surface area contributed by atoms with Crippen LogP contribution in [0, 0.1) is 0 Å². The summed E-state index contributed by atoms with van der Waals surface area (Å²) in [4.78, 5) is 0. The van der Waals surface area contributed by atoms with E-state index in [-0.39, 0.29) is 0 Å². The molecule has 0 aromatic carbocycles. The number of thiocarbonyl (C=S) groups is 1. The normalized spacial score (nSPS) is 9.11. The molecule has 0 unspecified atom stereocenters. The van der Waals surface area contributed by atoms with Crippen molar-refractivity contribution < 1.29 is 4.74 Å². The second-order valence-electron chi connectivity index (χ2n) is 1.30. The molecule has 0 N–H and O–H groups in total. The molecule has 0 aliphatic rings. The van der Waals surface area contributed by atoms with Gasteiger partial charge in [-0.25, -0.2) is 0 Å². The van der Waals surface area contributed by atoms with E-state index < -0.39 is 0 Å². The number of rotatable bonds is 3. The molecule has 0 bridgehead atoms. The highest BCUT2D eigenvalue weighted by Gasteiger charge is 1.90. The molecule has 0 aliphatic carbocycles. The van der Waals surface area contributed by atoms with E-state index in [0.717, 1.165) is 12.4 Å². The largest absolute Gasteiger partial charge is 0.478 e. The Bertz CT molecular complexity index is 84.3. The van der Waals surface area contributed by atoms with E-state index in [1.165, 1.54) is 11.8 Å². The first-order valence-corrected chi connectivity index (χ1v) is 5.53. The van der Waals surface area contributed by atoms with Crippen LogP contribution in [-0.2, 0) is 4.74 Å². The molecule has 9 heavy (non-hydrogen) atoms. The first-order chi connectivity index (χ1) is 4.31. The third-order valence-corrected chi connectivity index (χ3v) is 2.32. The summed E-state index contributed by atoms with van der Waals surface area (Å²) in [6.45, 7) is 0.737. The SMILES string of the molecule is CSCCOC(=S)SC. The van der Waals surface area contributed by atoms with E-state index in [2.05, 4.69) is 0 Å². The monoisotopic (exact) mass is 182 g/mol. The number of ether oxygens (including phenoxy) is 1. The maximum absolute atomic E-state index is 5.11. The van der Waals surface area contributed by atoms with Gasteiger partial charge in [-0.1, -0.05) is 11.8 Å². The lowest BCUT2D eigenvalue weighted by atomic mass is 10.9. The minimum atomic E-state index is 0.643. The van der Waals surface area contributed by atoms with Crippen molar-refractivity contribution in [3.8, 4) is 0 Å². The van der Waals surface area contributed by atoms with Crippen LogP contribution in [0.4, 0.5) is 0 Å². The standard InChI is InChI=1S/C5H10OS3/c1-8-4-3-6-5(7)9-2/h3-4H2,1-2H3. The Balaban J connectivity index is 2.97. The van der Waals surface area contributed by atoms with Crippen molar-refractivity contribution >= 4 is 40.1 Å². The summed E-state index contributed by atoms with van der Waals surface area (Å²) in [5.41, 5.74) is 0. The molecule has 0 atom stereocenters. The summed E-state index contributed by atoms with van der Waals surface area (Å²) in [5.74, 6) is 1.01. The van der Waals surface area contributed by atoms with Crippen molar-refractivity contribution in [1.82, 2.24) is 0 Å². The van der Waals surface area contributed by atoms with Crippen molar-refractivity contribution in [2.45, 2.75) is 0 Å². The summed E-state index contributed by atoms with van der Waals surface area (Å²) < 4.78 is 5.75. The molecule has 0 fully saturated rings. The molecule has 1 nitrogen and oxygen atoms in total. The average Bonchev–Trinajstić information content (AvgIpc) is 1.89. The van der Waals surface area contributed by atoms with E-state index in [4.69, 9.17) is 17.0 Å². The minimum absolute atomic E-state index is 0.643. The fourth-order valence-electron chi connectivity index (χ4n) is 0.267. The lowest BCUT2D eigenvalue weighted by Gasteiger charge is -2.01. The highest BCUT2D eigenvalue weighted by molar-refractivity contribution is 8.22. The van der Waals surface area contributed by atoms with E-state index in [1.54, 1.807) is 11.8 Å². The zero-order valence-corrected chi connectivity index (χ0v) is 8.00. The molecule has 0 saturated heterocycles. The van der Waals surface area contributed by atoms with Crippen LogP contribution >= 0.6 is 35.7 Å². The second-order valence-corrected chi connectivity index (χ2v) is 3.69. The maximum Gasteiger partial charge on any atom is 0.219 e. The molecule has 0 aromatic rings. The molecule has 0 spiro atoms. The minimum Gasteiger partial charge on any atom is -0.478 e. The Morgan fingerprint density at radius 1 is 1.56 bits per heavy atom. The number of hydrogen-bond acceptors (Lipinski definition) is 4. The molecule has 0 rings (SSSR count). The van der Waals surface area contributed by atoms with Crippen LogP contribution in [0.1, 0.15) is 0 Å². The Morgan fingerprint density at radius 3 is 2.67 bits per heavy atom. The molecule has 0 saturated carbocycles. The van der Waals surface area contributed by atoms with Crippen LogP contribution in [0.25, 0.3) is 0 Å². The van der Waals surface area contributed by atoms with Gasteiger partial charge in [-0.05, 0) is 24.7 Å². The molecule has 0 amide bonds. The highest BCUT2D eigenvalue weighted by Crippen LogP contribution is 2.00. The van der Waals surface area contributed by atoms with Gasteiger partial charge in [0.15, 0.2) is 0 Å². The van der Waals surface area contributed by atoms with E-state index >= 15 is 0 Å². The zero-order chi connectivity index (χ0) is 7.11. The van der Waals surface area contributed by atoms with Gasteiger partial charge < -0.3 is 4.74 Å². The van der Waals surface area contributed by atoms with Crippen molar-refractivity contribution in [2.75, 3.05) is 24.9 Å². The van der Waals surface area contributed by atoms with Gasteiger partial charge in [0.25, 0.3) is 0 Å². The molecule has 0 heterocycles. The second kappa shape index (κ2) is 6.71. The van der Waals surface area contributed by atoms with Crippen LogP contribution in [0.15, 0.2) is 0 Å². The maximum atomic E-state index is 5.11. The van der Waals surface area contributed by atoms with Gasteiger partial charge in [0.1, 0.15) is 0 Å². The zero-order valence-electron chi connectivity index (χ0n) is 5.55. The molecule has 54 valence electrons. The van der Waals surface area contributed by atoms with E-state index in [1.807, 2.05) is 12.5 Å². The van der Waals surface area contributed by atoms with Crippen LogP contribution < -0.4 is 0 Å². The first kappa shape index (κ1) is 9.59. The predicted octanol–water partition coefficient (Wildman–Crippen LogP) is 2.01. The summed E-state index contributed by atoms with van der Waals surface area (Å²) in [5, 5.41) is 0. The van der Waals surface area contributed by atoms with Crippen molar-refractivity contribution in [3.05, 3.63) is 0 Å². The van der Waals surface area contributed by atoms with Gasteiger partial charge in [-0.3, -0.25) is 0 Å². The predicted molar refractivity (Wildman–Crippen MR) is 50.4 cm³/mol. The van der Waals surface area contributed by atoms with Gasteiger partial charge in [-0.2, -0.15) is 11.8 Å². The lowest BCUT2D eigenvalue weighted by Crippen LogP contribution is -1.99. The van der Waals surface area contributed by atoms with Crippen LogP contribution in [-0.4, -0.2) is 29.3 Å². The smallest absolute Gasteiger partial charge is 0.219 e. The molecule has 0 aliphatic heterocycles. The number of thioether (sulfide) groups is 2. The highest BCUT2D eigenvalue weighted by atomic mass is 32.2. The molecular weight excluding hydrogens is 172 g/mol. The molecule has 0 aromatic heterocycles. The quantitative estimate of drug-likeness (QED) is 0.487. The van der Waals surface area contributed by atoms with Crippen molar-refractivity contribution in [2.24, 2.45) is 0 Å². The summed E-state index contributed by atoms with van der Waals surface area (Å²) in [6.07, 6.45) is 3.97. The third-order valence-electron chi connectivity index (χ3n) is 0.674. The summed E-state index contributed by atoms with van der Waals surface area (Å²) in [6, 6.07) is 0. The van der Waals surface area contributed by atoms with Crippen molar-refractivity contribution in [1.29, 1.82) is 0 Å². The summed E-state index contributed by atoms with van der Waals surface area (Å²) >= 11 is 8.04. The Kier molecular flexibility index (Phi) is 7.15. The Labute approximate surface area is 69.9 Å². The fourth-order valence-corrected chi connectivity index (χ4v) is 0.802. The Morgan fingerprint density at radius 2 is 2.22 bits per heavy atom. The van der Waals surface area contributed by atoms with Gasteiger partial charge in [0.2, 0.25) is 4.38 Å². The number of hydrogen-bond donors (Lipinski definition) is 0. The van der Waals surface area contributed by atoms with Crippen molar-refractivity contribution in [3.63, 3.8) is 0 Å². The van der Waals surface area contributed by atoms with Gasteiger partial charge in [0.05, 0.1) is 6.61 Å². The van der Waals surface area contributed by atoms with E-state index in [9.17, 15) is 0 Å². The Hall–Kier alpha value is 0.590. The molecular formula is C5H10OS3. The average molecular weight is 182 g/mol. The lowest BCUT2D eigenvalue weighted by molar-refractivity contribution is 0.350. The van der Waals surface area contributed by atoms with Crippen LogP contribution in [0.3, 0.4) is 0 Å². The topological polar surface area (TPSA) is 9.23 Å². The van der Waals surface area contributed by atoms with Gasteiger partial charge >= 0.3 is 0 Å². The van der Waals surface area contributed by atoms with Gasteiger partial charge in [-0.15, -0.1) is 0 Å². The summed E-state index contributed by atoms with van der Waals surface area (Å²) in [7, 11) is 0. The third kappa shape index (κ3) is 6.48. The van der Waals surface area contributed by atoms with Crippen LogP contribution in [0.2, 0.25) is 0 Å². The van der Waals surface area contributed by atoms with E-state index in [0.29, 0.717) is 4.38 Å². The first-order valence-electron chi connectivity index (χ1n) is 2.51. The van der Waals surface area contributed by atoms with Crippen LogP contribution in [0.5, 0.6) is 0 Å². The van der Waals surface area contributed by atoms with Gasteiger partial charge in [0, 0.05) is 5.75 Å². The molecule has 0 radical (unpaired) electrons. The fraction of sp³-hybridized carbons (Fsp3) is 0.800. The molecule has 4 heteroatoms.